The van der Waals surface area contributed by atoms with Gasteiger partial charge in [0.2, 0.25) is 5.76 Å². The van der Waals surface area contributed by atoms with E-state index < -0.39 is 11.9 Å². The number of anilines is 1. The van der Waals surface area contributed by atoms with Gasteiger partial charge in [0, 0.05) is 25.3 Å². The minimum atomic E-state index is -0.441. The molecule has 0 spiro atoms. The Morgan fingerprint density at radius 3 is 2.50 bits per heavy atom. The summed E-state index contributed by atoms with van der Waals surface area (Å²) in [6, 6.07) is 23.6. The van der Waals surface area contributed by atoms with Gasteiger partial charge < -0.3 is 24.4 Å². The molecule has 2 heterocycles. The Hall–Kier alpha value is -4.79. The van der Waals surface area contributed by atoms with Crippen molar-refractivity contribution in [1.82, 2.24) is 9.80 Å². The second-order valence-corrected chi connectivity index (χ2v) is 8.13. The van der Waals surface area contributed by atoms with Crippen LogP contribution >= 0.6 is 0 Å². The fraction of sp³-hybridized carbons (Fsp3) is 0.148. The number of benzene rings is 3. The first-order valence-electron chi connectivity index (χ1n) is 11.4. The van der Waals surface area contributed by atoms with Gasteiger partial charge in [-0.1, -0.05) is 30.3 Å². The van der Waals surface area contributed by atoms with Gasteiger partial charge in [-0.15, -0.1) is 4.99 Å². The van der Waals surface area contributed by atoms with E-state index in [9.17, 15) is 9.59 Å². The number of aliphatic imine (C=N–C) groups is 1. The van der Waals surface area contributed by atoms with E-state index in [-0.39, 0.29) is 11.8 Å². The number of amidine groups is 1. The number of methoxy groups -OCH3 is 1. The fourth-order valence-corrected chi connectivity index (χ4v) is 3.77. The maximum Gasteiger partial charge on any atom is 0.348 e. The van der Waals surface area contributed by atoms with Crippen molar-refractivity contribution < 1.29 is 23.8 Å². The second kappa shape index (κ2) is 10.2. The molecule has 0 radical (unpaired) electrons. The van der Waals surface area contributed by atoms with E-state index in [2.05, 4.69) is 10.3 Å². The number of rotatable bonds is 7. The van der Waals surface area contributed by atoms with E-state index in [0.29, 0.717) is 31.1 Å². The molecule has 0 atom stereocenters. The zero-order chi connectivity index (χ0) is 24.9. The Morgan fingerprint density at radius 2 is 1.72 bits per heavy atom. The number of ether oxygens (including phenoxy) is 3. The molecule has 3 aromatic carbocycles. The first-order valence-corrected chi connectivity index (χ1v) is 11.4. The maximum atomic E-state index is 12.7. The van der Waals surface area contributed by atoms with Gasteiger partial charge in [0.15, 0.2) is 0 Å². The van der Waals surface area contributed by atoms with Gasteiger partial charge in [-0.2, -0.15) is 0 Å². The van der Waals surface area contributed by atoms with Crippen LogP contribution in [-0.4, -0.2) is 48.0 Å². The smallest absolute Gasteiger partial charge is 0.348 e. The summed E-state index contributed by atoms with van der Waals surface area (Å²) in [5, 5.41) is 2.79. The number of hydrogen-bond acceptors (Lipinski definition) is 6. The van der Waals surface area contributed by atoms with Gasteiger partial charge >= 0.3 is 12.1 Å². The lowest BCUT2D eigenvalue weighted by Crippen LogP contribution is -2.31. The van der Waals surface area contributed by atoms with Crippen molar-refractivity contribution in [3.8, 4) is 17.2 Å². The third kappa shape index (κ3) is 5.30. The SMILES string of the molecule is COc1cccc(CN2CCN3C=C(C(=O)Nc4ccc(Oc5ccccc5)cc4)OC3=NC2=O)c1. The predicted molar refractivity (Wildman–Crippen MR) is 134 cm³/mol. The normalized spacial score (nSPS) is 14.8. The summed E-state index contributed by atoms with van der Waals surface area (Å²) in [4.78, 5) is 32.8. The van der Waals surface area contributed by atoms with Crippen LogP contribution in [0.2, 0.25) is 0 Å². The molecule has 36 heavy (non-hydrogen) atoms. The number of hydrogen-bond donors (Lipinski definition) is 1. The molecule has 0 aromatic heterocycles. The Bertz CT molecular complexity index is 1320. The minimum absolute atomic E-state index is 0.0624. The Morgan fingerprint density at radius 1 is 0.972 bits per heavy atom. The van der Waals surface area contributed by atoms with Gasteiger partial charge in [-0.25, -0.2) is 4.79 Å². The van der Waals surface area contributed by atoms with Crippen molar-refractivity contribution >= 4 is 23.6 Å². The number of carbonyl (C=O) groups excluding carboxylic acids is 2. The van der Waals surface area contributed by atoms with Crippen molar-refractivity contribution in [3.05, 3.63) is 96.4 Å². The number of nitrogens with zero attached hydrogens (tertiary/aromatic N) is 3. The zero-order valence-electron chi connectivity index (χ0n) is 19.6. The molecular formula is C27H24N4O5. The molecule has 2 aliphatic rings. The zero-order valence-corrected chi connectivity index (χ0v) is 19.6. The third-order valence-corrected chi connectivity index (χ3v) is 5.62. The van der Waals surface area contributed by atoms with Crippen molar-refractivity contribution in [2.75, 3.05) is 25.5 Å². The van der Waals surface area contributed by atoms with Gasteiger partial charge in [0.25, 0.3) is 5.91 Å². The van der Waals surface area contributed by atoms with Crippen molar-refractivity contribution in [1.29, 1.82) is 0 Å². The van der Waals surface area contributed by atoms with Crippen molar-refractivity contribution in [2.24, 2.45) is 4.99 Å². The molecule has 0 bridgehead atoms. The Kier molecular flexibility index (Phi) is 6.53. The van der Waals surface area contributed by atoms with Gasteiger partial charge in [-0.3, -0.25) is 9.69 Å². The van der Waals surface area contributed by atoms with Crippen LogP contribution in [0, 0.1) is 0 Å². The first kappa shape index (κ1) is 23.0. The molecule has 182 valence electrons. The minimum Gasteiger partial charge on any atom is -0.497 e. The fourth-order valence-electron chi connectivity index (χ4n) is 3.77. The van der Waals surface area contributed by atoms with E-state index >= 15 is 0 Å². The molecule has 0 unspecified atom stereocenters. The summed E-state index contributed by atoms with van der Waals surface area (Å²) < 4.78 is 16.6. The summed E-state index contributed by atoms with van der Waals surface area (Å²) in [6.07, 6.45) is 1.56. The summed E-state index contributed by atoms with van der Waals surface area (Å²) >= 11 is 0. The lowest BCUT2D eigenvalue weighted by atomic mass is 10.2. The van der Waals surface area contributed by atoms with E-state index in [1.807, 2.05) is 54.6 Å². The molecule has 9 heteroatoms. The third-order valence-electron chi connectivity index (χ3n) is 5.62. The lowest BCUT2D eigenvalue weighted by molar-refractivity contribution is -0.114. The van der Waals surface area contributed by atoms with Crippen LogP contribution in [0.25, 0.3) is 0 Å². The van der Waals surface area contributed by atoms with Crippen molar-refractivity contribution in [3.63, 3.8) is 0 Å². The topological polar surface area (TPSA) is 92.7 Å². The molecule has 0 aliphatic carbocycles. The largest absolute Gasteiger partial charge is 0.497 e. The highest BCUT2D eigenvalue weighted by Gasteiger charge is 2.31. The average Bonchev–Trinajstić information content (AvgIpc) is 3.24. The molecule has 3 amide bonds. The number of nitrogens with one attached hydrogen (secondary N) is 1. The van der Waals surface area contributed by atoms with Crippen LogP contribution in [0.3, 0.4) is 0 Å². The van der Waals surface area contributed by atoms with Gasteiger partial charge in [0.1, 0.15) is 17.2 Å². The average molecular weight is 485 g/mol. The molecule has 2 aliphatic heterocycles. The number of urea groups is 1. The van der Waals surface area contributed by atoms with Crippen LogP contribution in [0.15, 0.2) is 95.8 Å². The monoisotopic (exact) mass is 484 g/mol. The highest BCUT2D eigenvalue weighted by atomic mass is 16.5. The Labute approximate surface area is 208 Å². The van der Waals surface area contributed by atoms with Crippen molar-refractivity contribution in [2.45, 2.75) is 6.54 Å². The summed E-state index contributed by atoms with van der Waals surface area (Å²) in [5.74, 6) is 1.72. The van der Waals surface area contributed by atoms with E-state index in [0.717, 1.165) is 17.1 Å². The van der Waals surface area contributed by atoms with Crippen LogP contribution < -0.4 is 14.8 Å². The Balaban J connectivity index is 1.18. The molecule has 0 saturated heterocycles. The van der Waals surface area contributed by atoms with Crippen LogP contribution in [-0.2, 0) is 16.1 Å². The molecule has 5 rings (SSSR count). The van der Waals surface area contributed by atoms with E-state index in [4.69, 9.17) is 14.2 Å². The van der Waals surface area contributed by atoms with Gasteiger partial charge in [0.05, 0.1) is 13.3 Å². The number of para-hydroxylation sites is 1. The highest BCUT2D eigenvalue weighted by Crippen LogP contribution is 2.24. The van der Waals surface area contributed by atoms with Crippen LogP contribution in [0.1, 0.15) is 5.56 Å². The molecule has 0 saturated carbocycles. The molecule has 1 N–H and O–H groups in total. The number of carbonyl (C=O) groups is 2. The molecule has 0 fully saturated rings. The van der Waals surface area contributed by atoms with E-state index in [1.54, 1.807) is 47.4 Å². The number of fused-ring (bicyclic) bond motifs is 1. The maximum absolute atomic E-state index is 12.7. The highest BCUT2D eigenvalue weighted by molar-refractivity contribution is 6.06. The standard InChI is InChI=1S/C27H24N4O5/c1-34-23-9-5-6-19(16-23)17-30-14-15-31-18-24(36-27(31)29-26(30)33)25(32)28-20-10-12-22(13-11-20)35-21-7-3-2-4-8-21/h2-13,16,18H,14-15,17H2,1H3,(H,28,32). The molecule has 3 aromatic rings. The first-order chi connectivity index (χ1) is 17.6. The van der Waals surface area contributed by atoms with Crippen LogP contribution in [0.5, 0.6) is 17.2 Å². The lowest BCUT2D eigenvalue weighted by Gasteiger charge is -2.19. The number of amides is 3. The summed E-state index contributed by atoms with van der Waals surface area (Å²) in [5.41, 5.74) is 1.51. The van der Waals surface area contributed by atoms with Gasteiger partial charge in [-0.05, 0) is 54.1 Å². The quantitative estimate of drug-likeness (QED) is 0.527. The van der Waals surface area contributed by atoms with E-state index in [1.165, 1.54) is 0 Å². The van der Waals surface area contributed by atoms with Crippen LogP contribution in [0.4, 0.5) is 10.5 Å². The molecular weight excluding hydrogens is 460 g/mol. The second-order valence-electron chi connectivity index (χ2n) is 8.13. The summed E-state index contributed by atoms with van der Waals surface area (Å²) in [6.45, 7) is 1.25. The predicted octanol–water partition coefficient (Wildman–Crippen LogP) is 4.59. The summed E-state index contributed by atoms with van der Waals surface area (Å²) in [7, 11) is 1.60. The molecule has 9 nitrogen and oxygen atoms in total.